The molecule has 2 aromatic heterocycles. The Morgan fingerprint density at radius 3 is 3.18 bits per heavy atom. The highest BCUT2D eigenvalue weighted by Crippen LogP contribution is 2.26. The van der Waals surface area contributed by atoms with Crippen molar-refractivity contribution in [2.75, 3.05) is 7.11 Å². The van der Waals surface area contributed by atoms with Crippen molar-refractivity contribution in [2.45, 2.75) is 0 Å². The van der Waals surface area contributed by atoms with Gasteiger partial charge in [0.1, 0.15) is 0 Å². The van der Waals surface area contributed by atoms with Crippen LogP contribution in [0.15, 0.2) is 23.7 Å². The number of hydrogen-bond acceptors (Lipinski definition) is 3. The van der Waals surface area contributed by atoms with Crippen LogP contribution in [0.5, 0.6) is 5.88 Å². The smallest absolute Gasteiger partial charge is 0.221 e. The molecule has 0 aliphatic carbocycles. The summed E-state index contributed by atoms with van der Waals surface area (Å²) in [6, 6.07) is 4.01. The highest BCUT2D eigenvalue weighted by atomic mass is 32.1. The van der Waals surface area contributed by atoms with E-state index < -0.39 is 0 Å². The van der Waals surface area contributed by atoms with E-state index in [4.69, 9.17) is 4.74 Å². The number of rotatable bonds is 1. The summed E-state index contributed by atoms with van der Waals surface area (Å²) in [6.07, 6.45) is 1.76. The van der Waals surface area contributed by atoms with Crippen LogP contribution in [0.25, 0.3) is 10.1 Å². The molecule has 0 bridgehead atoms. The molecular formula is C8H7NOS. The van der Waals surface area contributed by atoms with Crippen LogP contribution in [0.3, 0.4) is 0 Å². The number of hydrogen-bond donors (Lipinski definition) is 0. The molecule has 2 aromatic rings. The van der Waals surface area contributed by atoms with Gasteiger partial charge in [-0.2, -0.15) is 0 Å². The number of pyridine rings is 1. The third-order valence-electron chi connectivity index (χ3n) is 1.54. The van der Waals surface area contributed by atoms with Crippen molar-refractivity contribution in [3.05, 3.63) is 23.7 Å². The molecule has 2 nitrogen and oxygen atoms in total. The summed E-state index contributed by atoms with van der Waals surface area (Å²) in [5.41, 5.74) is 0. The summed E-state index contributed by atoms with van der Waals surface area (Å²) in [6.45, 7) is 0. The SMILES string of the molecule is COc1nccc2sccc12. The molecule has 0 saturated carbocycles. The van der Waals surface area contributed by atoms with Crippen LogP contribution in [0.4, 0.5) is 0 Å². The normalized spacial score (nSPS) is 10.3. The summed E-state index contributed by atoms with van der Waals surface area (Å²) >= 11 is 1.70. The van der Waals surface area contributed by atoms with Gasteiger partial charge in [-0.1, -0.05) is 0 Å². The maximum atomic E-state index is 5.08. The Labute approximate surface area is 68.5 Å². The molecule has 2 rings (SSSR count). The first kappa shape index (κ1) is 6.61. The molecule has 0 unspecified atom stereocenters. The molecule has 0 amide bonds. The molecule has 0 aliphatic rings. The van der Waals surface area contributed by atoms with Crippen LogP contribution < -0.4 is 4.74 Å². The second-order valence-corrected chi connectivity index (χ2v) is 3.10. The molecule has 11 heavy (non-hydrogen) atoms. The van der Waals surface area contributed by atoms with E-state index >= 15 is 0 Å². The fraction of sp³-hybridized carbons (Fsp3) is 0.125. The van der Waals surface area contributed by atoms with Crippen LogP contribution in [0, 0.1) is 0 Å². The van der Waals surface area contributed by atoms with Gasteiger partial charge in [0.15, 0.2) is 0 Å². The fourth-order valence-electron chi connectivity index (χ4n) is 1.03. The predicted molar refractivity (Wildman–Crippen MR) is 46.2 cm³/mol. The van der Waals surface area contributed by atoms with E-state index in [1.165, 1.54) is 4.70 Å². The summed E-state index contributed by atoms with van der Waals surface area (Å²) in [7, 11) is 1.64. The second kappa shape index (κ2) is 2.51. The topological polar surface area (TPSA) is 22.1 Å². The molecule has 0 atom stereocenters. The zero-order chi connectivity index (χ0) is 7.68. The highest BCUT2D eigenvalue weighted by molar-refractivity contribution is 7.17. The minimum absolute atomic E-state index is 0.712. The van der Waals surface area contributed by atoms with Gasteiger partial charge in [-0.25, -0.2) is 4.98 Å². The fourth-order valence-corrected chi connectivity index (χ4v) is 1.80. The van der Waals surface area contributed by atoms with Gasteiger partial charge in [0, 0.05) is 10.9 Å². The number of methoxy groups -OCH3 is 1. The van der Waals surface area contributed by atoms with Crippen molar-refractivity contribution in [3.8, 4) is 5.88 Å². The van der Waals surface area contributed by atoms with Gasteiger partial charge in [0.05, 0.1) is 12.5 Å². The van der Waals surface area contributed by atoms with Gasteiger partial charge >= 0.3 is 0 Å². The average Bonchev–Trinajstić information content (AvgIpc) is 2.50. The lowest BCUT2D eigenvalue weighted by molar-refractivity contribution is 0.403. The Morgan fingerprint density at radius 2 is 2.36 bits per heavy atom. The zero-order valence-electron chi connectivity index (χ0n) is 6.07. The van der Waals surface area contributed by atoms with E-state index in [9.17, 15) is 0 Å². The molecule has 0 N–H and O–H groups in total. The van der Waals surface area contributed by atoms with E-state index in [0.29, 0.717) is 5.88 Å². The van der Waals surface area contributed by atoms with Gasteiger partial charge < -0.3 is 4.74 Å². The van der Waals surface area contributed by atoms with Crippen LogP contribution in [0.2, 0.25) is 0 Å². The maximum Gasteiger partial charge on any atom is 0.221 e. The quantitative estimate of drug-likeness (QED) is 0.646. The van der Waals surface area contributed by atoms with E-state index in [2.05, 4.69) is 4.98 Å². The van der Waals surface area contributed by atoms with Gasteiger partial charge in [-0.15, -0.1) is 11.3 Å². The zero-order valence-corrected chi connectivity index (χ0v) is 6.89. The molecule has 2 heterocycles. The van der Waals surface area contributed by atoms with Crippen molar-refractivity contribution in [1.82, 2.24) is 4.98 Å². The largest absolute Gasteiger partial charge is 0.481 e. The number of nitrogens with zero attached hydrogens (tertiary/aromatic N) is 1. The lowest BCUT2D eigenvalue weighted by Gasteiger charge is -1.97. The Hall–Kier alpha value is -1.09. The van der Waals surface area contributed by atoms with E-state index in [1.807, 2.05) is 17.5 Å². The van der Waals surface area contributed by atoms with E-state index in [1.54, 1.807) is 24.6 Å². The first-order valence-electron chi connectivity index (χ1n) is 3.28. The summed E-state index contributed by atoms with van der Waals surface area (Å²) in [4.78, 5) is 4.08. The standard InChI is InChI=1S/C8H7NOS/c1-10-8-6-3-5-11-7(6)2-4-9-8/h2-5H,1H3. The second-order valence-electron chi connectivity index (χ2n) is 2.15. The van der Waals surface area contributed by atoms with Crippen LogP contribution in [0.1, 0.15) is 0 Å². The molecule has 56 valence electrons. The summed E-state index contributed by atoms with van der Waals surface area (Å²) in [5.74, 6) is 0.712. The van der Waals surface area contributed by atoms with Crippen LogP contribution >= 0.6 is 11.3 Å². The summed E-state index contributed by atoms with van der Waals surface area (Å²) < 4.78 is 6.30. The third-order valence-corrected chi connectivity index (χ3v) is 2.42. The molecule has 3 heteroatoms. The minimum atomic E-state index is 0.712. The number of fused-ring (bicyclic) bond motifs is 1. The highest BCUT2D eigenvalue weighted by Gasteiger charge is 2.00. The number of aromatic nitrogens is 1. The van der Waals surface area contributed by atoms with Crippen molar-refractivity contribution in [3.63, 3.8) is 0 Å². The van der Waals surface area contributed by atoms with Crippen molar-refractivity contribution in [1.29, 1.82) is 0 Å². The van der Waals surface area contributed by atoms with E-state index in [0.717, 1.165) is 5.39 Å². The maximum absolute atomic E-state index is 5.08. The van der Waals surface area contributed by atoms with Crippen LogP contribution in [-0.4, -0.2) is 12.1 Å². The monoisotopic (exact) mass is 165 g/mol. The Balaban J connectivity index is 2.79. The molecule has 0 spiro atoms. The molecule has 0 aromatic carbocycles. The van der Waals surface area contributed by atoms with Crippen molar-refractivity contribution in [2.24, 2.45) is 0 Å². The van der Waals surface area contributed by atoms with Gasteiger partial charge in [0.2, 0.25) is 5.88 Å². The van der Waals surface area contributed by atoms with Gasteiger partial charge in [0.25, 0.3) is 0 Å². The summed E-state index contributed by atoms with van der Waals surface area (Å²) in [5, 5.41) is 3.13. The lowest BCUT2D eigenvalue weighted by Crippen LogP contribution is -1.85. The first-order chi connectivity index (χ1) is 5.42. The van der Waals surface area contributed by atoms with Gasteiger partial charge in [-0.05, 0) is 17.5 Å². The average molecular weight is 165 g/mol. The number of ether oxygens (including phenoxy) is 1. The van der Waals surface area contributed by atoms with Crippen molar-refractivity contribution >= 4 is 21.4 Å². The molecule has 0 saturated heterocycles. The lowest BCUT2D eigenvalue weighted by atomic mass is 10.3. The first-order valence-corrected chi connectivity index (χ1v) is 4.16. The molecule has 0 aliphatic heterocycles. The van der Waals surface area contributed by atoms with Crippen LogP contribution in [-0.2, 0) is 0 Å². The molecular weight excluding hydrogens is 158 g/mol. The molecule has 0 radical (unpaired) electrons. The Kier molecular flexibility index (Phi) is 1.51. The minimum Gasteiger partial charge on any atom is -0.481 e. The Morgan fingerprint density at radius 1 is 1.45 bits per heavy atom. The number of thiophene rings is 1. The van der Waals surface area contributed by atoms with Crippen molar-refractivity contribution < 1.29 is 4.74 Å². The molecule has 0 fully saturated rings. The Bertz CT molecular complexity index is 369. The van der Waals surface area contributed by atoms with Gasteiger partial charge in [-0.3, -0.25) is 0 Å². The predicted octanol–water partition coefficient (Wildman–Crippen LogP) is 2.30. The third kappa shape index (κ3) is 0.973. The van der Waals surface area contributed by atoms with E-state index in [-0.39, 0.29) is 0 Å².